The molecular weight excluding hydrogens is 654 g/mol. The van der Waals surface area contributed by atoms with Crippen LogP contribution in [0.25, 0.3) is 6.08 Å². The second kappa shape index (κ2) is 12.9. The van der Waals surface area contributed by atoms with Gasteiger partial charge in [-0.3, -0.25) is 19.5 Å². The fourth-order valence-electron chi connectivity index (χ4n) is 5.41. The number of anilines is 1. The van der Waals surface area contributed by atoms with E-state index in [1.165, 1.54) is 30.9 Å². The summed E-state index contributed by atoms with van der Waals surface area (Å²) in [5, 5.41) is 11.7. The number of benzene rings is 2. The molecule has 0 aliphatic carbocycles. The molecule has 0 bridgehead atoms. The summed E-state index contributed by atoms with van der Waals surface area (Å²) in [4.78, 5) is 48.3. The van der Waals surface area contributed by atoms with Crippen molar-refractivity contribution < 1.29 is 23.9 Å². The molecule has 1 saturated heterocycles. The summed E-state index contributed by atoms with van der Waals surface area (Å²) in [6, 6.07) is 7.24. The highest BCUT2D eigenvalue weighted by Gasteiger charge is 2.35. The molecule has 0 N–H and O–H groups in total. The first-order chi connectivity index (χ1) is 21.1. The van der Waals surface area contributed by atoms with E-state index in [2.05, 4.69) is 37.8 Å². The molecule has 1 aromatic heterocycles. The number of ether oxygens (including phenoxy) is 3. The van der Waals surface area contributed by atoms with Gasteiger partial charge in [0.1, 0.15) is 0 Å². The van der Waals surface area contributed by atoms with Gasteiger partial charge in [-0.1, -0.05) is 27.3 Å². The summed E-state index contributed by atoms with van der Waals surface area (Å²) < 4.78 is 18.8. The number of carbonyl (C=O) groups excluding carboxylic acids is 1. The van der Waals surface area contributed by atoms with Crippen molar-refractivity contribution >= 4 is 50.7 Å². The van der Waals surface area contributed by atoms with E-state index >= 15 is 0 Å². The molecule has 232 valence electrons. The first-order valence-electron chi connectivity index (χ1n) is 13.9. The molecule has 12 nitrogen and oxygen atoms in total. The Morgan fingerprint density at radius 3 is 2.48 bits per heavy atom. The average molecular weight is 687 g/mol. The van der Waals surface area contributed by atoms with Crippen LogP contribution >= 0.6 is 27.3 Å². The van der Waals surface area contributed by atoms with Crippen LogP contribution in [-0.2, 0) is 9.53 Å². The molecule has 3 aromatic rings. The van der Waals surface area contributed by atoms with Crippen LogP contribution in [0.4, 0.5) is 11.4 Å². The molecule has 0 spiro atoms. The van der Waals surface area contributed by atoms with E-state index in [0.717, 1.165) is 43.2 Å². The summed E-state index contributed by atoms with van der Waals surface area (Å²) in [6.45, 7) is 6.72. The van der Waals surface area contributed by atoms with Gasteiger partial charge in [0.2, 0.25) is 0 Å². The topological polar surface area (TPSA) is 129 Å². The summed E-state index contributed by atoms with van der Waals surface area (Å²) >= 11 is 4.76. The van der Waals surface area contributed by atoms with Gasteiger partial charge in [-0.15, -0.1) is 0 Å². The van der Waals surface area contributed by atoms with Gasteiger partial charge in [-0.25, -0.2) is 9.79 Å². The van der Waals surface area contributed by atoms with Gasteiger partial charge in [-0.05, 0) is 50.7 Å². The average Bonchev–Trinajstić information content (AvgIpc) is 3.30. The minimum atomic E-state index is -0.899. The minimum absolute atomic E-state index is 0.0746. The number of fused-ring (bicyclic) bond motifs is 1. The van der Waals surface area contributed by atoms with Gasteiger partial charge in [0.15, 0.2) is 16.3 Å². The Hall–Kier alpha value is -4.01. The molecule has 0 radical (unpaired) electrons. The Bertz CT molecular complexity index is 1840. The Morgan fingerprint density at radius 1 is 1.16 bits per heavy atom. The first-order valence-corrected chi connectivity index (χ1v) is 15.5. The van der Waals surface area contributed by atoms with Gasteiger partial charge in [-0.2, -0.15) is 0 Å². The van der Waals surface area contributed by atoms with Crippen LogP contribution in [0.5, 0.6) is 11.5 Å². The van der Waals surface area contributed by atoms with E-state index in [1.807, 2.05) is 0 Å². The van der Waals surface area contributed by atoms with Crippen molar-refractivity contribution in [3.63, 3.8) is 0 Å². The van der Waals surface area contributed by atoms with Crippen LogP contribution in [0.3, 0.4) is 0 Å². The van der Waals surface area contributed by atoms with Crippen molar-refractivity contribution in [3.8, 4) is 11.5 Å². The Balaban J connectivity index is 1.74. The van der Waals surface area contributed by atoms with Crippen molar-refractivity contribution in [1.82, 2.24) is 9.47 Å². The molecule has 2 aliphatic heterocycles. The third-order valence-electron chi connectivity index (χ3n) is 7.67. The zero-order valence-electron chi connectivity index (χ0n) is 25.0. The number of rotatable bonds is 8. The summed E-state index contributed by atoms with van der Waals surface area (Å²) in [7, 11) is 5.07. The molecule has 0 saturated carbocycles. The van der Waals surface area contributed by atoms with Gasteiger partial charge in [0.05, 0.1) is 47.6 Å². The van der Waals surface area contributed by atoms with E-state index in [1.54, 1.807) is 38.1 Å². The zero-order chi connectivity index (χ0) is 31.7. The van der Waals surface area contributed by atoms with Crippen LogP contribution in [0.15, 0.2) is 55.9 Å². The van der Waals surface area contributed by atoms with Crippen LogP contribution in [0.1, 0.15) is 31.0 Å². The molecule has 1 fully saturated rings. The van der Waals surface area contributed by atoms with Crippen LogP contribution in [0.2, 0.25) is 0 Å². The van der Waals surface area contributed by atoms with Crippen molar-refractivity contribution in [1.29, 1.82) is 0 Å². The van der Waals surface area contributed by atoms with E-state index < -0.39 is 22.5 Å². The third kappa shape index (κ3) is 5.88. The maximum absolute atomic E-state index is 14.3. The number of hydrogen-bond acceptors (Lipinski definition) is 11. The first kappa shape index (κ1) is 31.4. The molecule has 14 heteroatoms. The maximum atomic E-state index is 14.3. The predicted molar refractivity (Wildman–Crippen MR) is 170 cm³/mol. The molecule has 5 rings (SSSR count). The Kier molecular flexibility index (Phi) is 9.23. The van der Waals surface area contributed by atoms with Gasteiger partial charge >= 0.3 is 5.97 Å². The van der Waals surface area contributed by atoms with Gasteiger partial charge in [0, 0.05) is 54.0 Å². The Morgan fingerprint density at radius 2 is 1.84 bits per heavy atom. The lowest BCUT2D eigenvalue weighted by Crippen LogP contribution is -2.44. The standard InChI is InChI=1S/C30H32BrN5O7S/c1-6-43-29(38)26-17(2)32-30-35(27(26)20-15-23(41-4)24(42-5)16-21(20)31)28(37)25(44-30)14-18-13-19(36(39)40)7-8-22(18)34-11-9-33(3)10-12-34/h7-8,13-16,27H,6,9-12H2,1-5H3. The second-order valence-electron chi connectivity index (χ2n) is 10.3. The SMILES string of the molecule is CCOC(=O)C1=C(C)N=c2sc(=Cc3cc([N+](=O)[O-])ccc3N3CCN(C)CC3)c(=O)n2C1c1cc(OC)c(OC)cc1Br. The number of nitrogens with zero attached hydrogens (tertiary/aromatic N) is 5. The molecule has 2 aliphatic rings. The monoisotopic (exact) mass is 685 g/mol. The number of allylic oxidation sites excluding steroid dienone is 1. The fourth-order valence-corrected chi connectivity index (χ4v) is 6.99. The van der Waals surface area contributed by atoms with Crippen molar-refractivity contribution in [2.45, 2.75) is 19.9 Å². The molecule has 44 heavy (non-hydrogen) atoms. The number of piperazine rings is 1. The third-order valence-corrected chi connectivity index (χ3v) is 9.34. The molecule has 0 amide bonds. The van der Waals surface area contributed by atoms with Crippen molar-refractivity contribution in [2.75, 3.05) is 59.0 Å². The lowest BCUT2D eigenvalue weighted by Gasteiger charge is -2.34. The number of non-ortho nitro benzene ring substituents is 1. The maximum Gasteiger partial charge on any atom is 0.338 e. The quantitative estimate of drug-likeness (QED) is 0.199. The lowest BCUT2D eigenvalue weighted by atomic mass is 9.95. The van der Waals surface area contributed by atoms with E-state index in [-0.39, 0.29) is 17.9 Å². The van der Waals surface area contributed by atoms with Crippen LogP contribution < -0.4 is 29.3 Å². The Labute approximate surface area is 265 Å². The second-order valence-corrected chi connectivity index (χ2v) is 12.2. The summed E-state index contributed by atoms with van der Waals surface area (Å²) in [5.41, 5.74) is 2.08. The number of nitro benzene ring substituents is 1. The normalized spacial score (nSPS) is 17.3. The predicted octanol–water partition coefficient (Wildman–Crippen LogP) is 3.24. The summed E-state index contributed by atoms with van der Waals surface area (Å²) in [6.07, 6.45) is 1.68. The zero-order valence-corrected chi connectivity index (χ0v) is 27.4. The highest BCUT2D eigenvalue weighted by Crippen LogP contribution is 2.41. The molecule has 1 atom stereocenters. The highest BCUT2D eigenvalue weighted by atomic mass is 79.9. The molecule has 1 unspecified atom stereocenters. The number of aromatic nitrogens is 1. The smallest absolute Gasteiger partial charge is 0.338 e. The van der Waals surface area contributed by atoms with Gasteiger partial charge < -0.3 is 24.0 Å². The molecule has 3 heterocycles. The van der Waals surface area contributed by atoms with Crippen molar-refractivity contribution in [3.05, 3.63) is 87.0 Å². The minimum Gasteiger partial charge on any atom is -0.493 e. The largest absolute Gasteiger partial charge is 0.493 e. The number of halogens is 1. The molecule has 2 aromatic carbocycles. The number of esters is 1. The number of nitro groups is 1. The lowest BCUT2D eigenvalue weighted by molar-refractivity contribution is -0.384. The van der Waals surface area contributed by atoms with E-state index in [4.69, 9.17) is 14.2 Å². The fraction of sp³-hybridized carbons (Fsp3) is 0.367. The van der Waals surface area contributed by atoms with Crippen LogP contribution in [0, 0.1) is 10.1 Å². The highest BCUT2D eigenvalue weighted by molar-refractivity contribution is 9.10. The summed E-state index contributed by atoms with van der Waals surface area (Å²) in [5.74, 6) is 0.292. The van der Waals surface area contributed by atoms with Gasteiger partial charge in [0.25, 0.3) is 11.2 Å². The van der Waals surface area contributed by atoms with E-state index in [0.29, 0.717) is 42.1 Å². The van der Waals surface area contributed by atoms with E-state index in [9.17, 15) is 19.7 Å². The number of thiazole rings is 1. The number of hydrogen-bond donors (Lipinski definition) is 0. The molecular formula is C30H32BrN5O7S. The number of likely N-dealkylation sites (N-methyl/N-ethyl adjacent to an activating group) is 1. The van der Waals surface area contributed by atoms with Crippen molar-refractivity contribution in [2.24, 2.45) is 4.99 Å². The van der Waals surface area contributed by atoms with Crippen LogP contribution in [-0.4, -0.2) is 74.4 Å². The number of carbonyl (C=O) groups is 1. The number of methoxy groups -OCH3 is 2.